The first kappa shape index (κ1) is 20.7. The second-order valence-corrected chi connectivity index (χ2v) is 7.76. The Morgan fingerprint density at radius 2 is 1.82 bits per heavy atom. The summed E-state index contributed by atoms with van der Waals surface area (Å²) < 4.78 is 5.43. The minimum Gasteiger partial charge on any atom is -0.497 e. The van der Waals surface area contributed by atoms with Crippen LogP contribution in [0.15, 0.2) is 36.4 Å². The van der Waals surface area contributed by atoms with Crippen molar-refractivity contribution < 1.29 is 4.74 Å². The van der Waals surface area contributed by atoms with E-state index in [1.165, 1.54) is 25.8 Å². The van der Waals surface area contributed by atoms with Gasteiger partial charge in [-0.1, -0.05) is 31.4 Å². The molecule has 0 spiro atoms. The van der Waals surface area contributed by atoms with Crippen molar-refractivity contribution in [1.29, 1.82) is 0 Å². The maximum Gasteiger partial charge on any atom is 0.119 e. The Morgan fingerprint density at radius 3 is 2.61 bits per heavy atom. The Kier molecular flexibility index (Phi) is 7.35. The van der Waals surface area contributed by atoms with Crippen LogP contribution in [0, 0.1) is 0 Å². The lowest BCUT2D eigenvalue weighted by Gasteiger charge is -2.18. The van der Waals surface area contributed by atoms with E-state index >= 15 is 0 Å². The van der Waals surface area contributed by atoms with Gasteiger partial charge in [-0.2, -0.15) is 0 Å². The van der Waals surface area contributed by atoms with E-state index in [9.17, 15) is 0 Å². The van der Waals surface area contributed by atoms with Gasteiger partial charge in [-0.15, -0.1) is 0 Å². The molecular weight excluding hydrogens is 370 g/mol. The molecule has 5 heteroatoms. The maximum atomic E-state index is 6.20. The van der Waals surface area contributed by atoms with Crippen LogP contribution in [-0.2, 0) is 0 Å². The quantitative estimate of drug-likeness (QED) is 0.336. The number of ether oxygens (including phenoxy) is 1. The van der Waals surface area contributed by atoms with Crippen LogP contribution in [0.4, 0.5) is 5.69 Å². The van der Waals surface area contributed by atoms with Crippen LogP contribution in [0.2, 0.25) is 5.02 Å². The van der Waals surface area contributed by atoms with Gasteiger partial charge in [-0.3, -0.25) is 0 Å². The zero-order valence-electron chi connectivity index (χ0n) is 17.1. The number of nitrogens with one attached hydrogen (secondary N) is 1. The molecule has 0 amide bonds. The van der Waals surface area contributed by atoms with Gasteiger partial charge in [0.05, 0.1) is 23.8 Å². The van der Waals surface area contributed by atoms with E-state index in [-0.39, 0.29) is 0 Å². The van der Waals surface area contributed by atoms with Gasteiger partial charge in [-0.05, 0) is 69.4 Å². The number of unbranched alkanes of at least 4 members (excludes halogenated alkanes) is 2. The van der Waals surface area contributed by atoms with Crippen molar-refractivity contribution in [2.45, 2.75) is 32.6 Å². The van der Waals surface area contributed by atoms with Crippen LogP contribution in [-0.4, -0.2) is 43.7 Å². The smallest absolute Gasteiger partial charge is 0.119 e. The molecule has 1 heterocycles. The number of fused-ring (bicyclic) bond motifs is 2. The lowest BCUT2D eigenvalue weighted by molar-refractivity contribution is 0.324. The van der Waals surface area contributed by atoms with E-state index in [2.05, 4.69) is 30.3 Å². The van der Waals surface area contributed by atoms with E-state index < -0.39 is 0 Å². The van der Waals surface area contributed by atoms with Gasteiger partial charge in [0.15, 0.2) is 0 Å². The Hall–Kier alpha value is -2.04. The van der Waals surface area contributed by atoms with Crippen molar-refractivity contribution in [2.24, 2.45) is 0 Å². The molecule has 0 aliphatic carbocycles. The van der Waals surface area contributed by atoms with Crippen LogP contribution in [0.1, 0.15) is 32.6 Å². The first-order valence-corrected chi connectivity index (χ1v) is 10.5. The Labute approximate surface area is 172 Å². The van der Waals surface area contributed by atoms with Gasteiger partial charge < -0.3 is 15.0 Å². The van der Waals surface area contributed by atoms with Crippen molar-refractivity contribution in [3.05, 3.63) is 41.4 Å². The van der Waals surface area contributed by atoms with E-state index in [4.69, 9.17) is 21.3 Å². The maximum absolute atomic E-state index is 6.20. The molecule has 0 bridgehead atoms. The third-order valence-corrected chi connectivity index (χ3v) is 5.34. The van der Waals surface area contributed by atoms with Crippen LogP contribution in [0.3, 0.4) is 0 Å². The van der Waals surface area contributed by atoms with Crippen LogP contribution in [0.25, 0.3) is 21.8 Å². The number of aromatic nitrogens is 1. The molecule has 3 rings (SSSR count). The topological polar surface area (TPSA) is 37.4 Å². The average molecular weight is 400 g/mol. The lowest BCUT2D eigenvalue weighted by atomic mass is 10.1. The monoisotopic (exact) mass is 399 g/mol. The summed E-state index contributed by atoms with van der Waals surface area (Å²) in [7, 11) is 3.90. The predicted molar refractivity (Wildman–Crippen MR) is 121 cm³/mol. The van der Waals surface area contributed by atoms with Crippen molar-refractivity contribution in [2.75, 3.05) is 39.1 Å². The third-order valence-electron chi connectivity index (χ3n) is 5.10. The molecule has 2 aromatic carbocycles. The van der Waals surface area contributed by atoms with Gasteiger partial charge in [0, 0.05) is 22.3 Å². The van der Waals surface area contributed by atoms with Crippen molar-refractivity contribution in [3.63, 3.8) is 0 Å². The standard InChI is InChI=1S/C23H30ClN3O/c1-4-5-6-13-27(2)14-7-12-25-23-19-10-8-17(24)15-22(19)26-21-11-9-18(28-3)16-20(21)23/h8-11,15-16H,4-7,12-14H2,1-3H3,(H,25,26). The summed E-state index contributed by atoms with van der Waals surface area (Å²) in [5.74, 6) is 0.835. The number of hydrogen-bond acceptors (Lipinski definition) is 4. The zero-order chi connectivity index (χ0) is 19.9. The highest BCUT2D eigenvalue weighted by Gasteiger charge is 2.11. The lowest BCUT2D eigenvalue weighted by Crippen LogP contribution is -2.22. The van der Waals surface area contributed by atoms with E-state index in [1.54, 1.807) is 7.11 Å². The van der Waals surface area contributed by atoms with Gasteiger partial charge >= 0.3 is 0 Å². The average Bonchev–Trinajstić information content (AvgIpc) is 2.70. The summed E-state index contributed by atoms with van der Waals surface area (Å²) in [6, 6.07) is 11.9. The van der Waals surface area contributed by atoms with Crippen LogP contribution in [0.5, 0.6) is 5.75 Å². The highest BCUT2D eigenvalue weighted by Crippen LogP contribution is 2.34. The molecule has 3 aromatic rings. The summed E-state index contributed by atoms with van der Waals surface area (Å²) in [4.78, 5) is 7.20. The normalized spacial score (nSPS) is 11.5. The summed E-state index contributed by atoms with van der Waals surface area (Å²) in [5, 5.41) is 6.52. The molecule has 0 saturated carbocycles. The number of nitrogens with zero attached hydrogens (tertiary/aromatic N) is 2. The summed E-state index contributed by atoms with van der Waals surface area (Å²) in [5.41, 5.74) is 2.95. The van der Waals surface area contributed by atoms with Gasteiger partial charge in [0.25, 0.3) is 0 Å². The SMILES string of the molecule is CCCCCN(C)CCCNc1c2ccc(Cl)cc2nc2ccc(OC)cc12. The fourth-order valence-corrected chi connectivity index (χ4v) is 3.69. The summed E-state index contributed by atoms with van der Waals surface area (Å²) in [6.45, 7) is 5.42. The van der Waals surface area contributed by atoms with Gasteiger partial charge in [0.1, 0.15) is 5.75 Å². The highest BCUT2D eigenvalue weighted by atomic mass is 35.5. The van der Waals surface area contributed by atoms with Crippen molar-refractivity contribution >= 4 is 39.1 Å². The first-order chi connectivity index (χ1) is 13.6. The minimum absolute atomic E-state index is 0.701. The Morgan fingerprint density at radius 1 is 1.00 bits per heavy atom. The predicted octanol–water partition coefficient (Wildman–Crippen LogP) is 5.97. The van der Waals surface area contributed by atoms with Gasteiger partial charge in [-0.25, -0.2) is 4.98 Å². The fraction of sp³-hybridized carbons (Fsp3) is 0.435. The number of halogens is 1. The minimum atomic E-state index is 0.701. The number of pyridine rings is 1. The number of hydrogen-bond donors (Lipinski definition) is 1. The molecule has 28 heavy (non-hydrogen) atoms. The third kappa shape index (κ3) is 5.06. The fourth-order valence-electron chi connectivity index (χ4n) is 3.52. The van der Waals surface area contributed by atoms with Crippen LogP contribution < -0.4 is 10.1 Å². The van der Waals surface area contributed by atoms with Crippen molar-refractivity contribution in [3.8, 4) is 5.75 Å². The zero-order valence-corrected chi connectivity index (χ0v) is 17.9. The second-order valence-electron chi connectivity index (χ2n) is 7.32. The molecule has 1 aromatic heterocycles. The number of rotatable bonds is 10. The molecule has 0 atom stereocenters. The van der Waals surface area contributed by atoms with E-state index in [0.717, 1.165) is 52.8 Å². The summed E-state index contributed by atoms with van der Waals surface area (Å²) >= 11 is 6.20. The largest absolute Gasteiger partial charge is 0.497 e. The molecule has 150 valence electrons. The number of anilines is 1. The Bertz CT molecular complexity index is 929. The van der Waals surface area contributed by atoms with E-state index in [1.807, 2.05) is 30.3 Å². The molecule has 4 nitrogen and oxygen atoms in total. The van der Waals surface area contributed by atoms with Gasteiger partial charge in [0.2, 0.25) is 0 Å². The molecule has 0 fully saturated rings. The second kappa shape index (κ2) is 9.94. The first-order valence-electron chi connectivity index (χ1n) is 10.1. The molecular formula is C23H30ClN3O. The molecule has 0 radical (unpaired) electrons. The van der Waals surface area contributed by atoms with E-state index in [0.29, 0.717) is 5.02 Å². The molecule has 0 aliphatic heterocycles. The summed E-state index contributed by atoms with van der Waals surface area (Å²) in [6.07, 6.45) is 4.94. The number of benzene rings is 2. The molecule has 0 aliphatic rings. The number of methoxy groups -OCH3 is 1. The van der Waals surface area contributed by atoms with Crippen LogP contribution >= 0.6 is 11.6 Å². The molecule has 0 unspecified atom stereocenters. The highest BCUT2D eigenvalue weighted by molar-refractivity contribution is 6.31. The molecule has 0 saturated heterocycles. The molecule has 1 N–H and O–H groups in total. The van der Waals surface area contributed by atoms with Crippen molar-refractivity contribution in [1.82, 2.24) is 9.88 Å². The Balaban J connectivity index is 1.79.